The Hall–Kier alpha value is -1.42. The molecule has 1 aromatic rings. The predicted octanol–water partition coefficient (Wildman–Crippen LogP) is -0.938. The van der Waals surface area contributed by atoms with Crippen LogP contribution in [0.1, 0.15) is 16.9 Å². The number of carbonyl (C=O) groups excluding carboxylic acids is 1. The minimum atomic E-state index is -3.56. The molecule has 0 aromatic carbocycles. The molecule has 0 aliphatic carbocycles. The number of aliphatic hydroxyl groups excluding tert-OH is 1. The zero-order valence-corrected chi connectivity index (χ0v) is 12.9. The van der Waals surface area contributed by atoms with Gasteiger partial charge in [-0.25, -0.2) is 13.1 Å². The summed E-state index contributed by atoms with van der Waals surface area (Å²) in [6.07, 6.45) is 1.99. The van der Waals surface area contributed by atoms with Crippen LogP contribution in [0.5, 0.6) is 0 Å². The maximum Gasteiger partial charge on any atom is 0.267 e. The van der Waals surface area contributed by atoms with Crippen LogP contribution in [-0.2, 0) is 21.8 Å². The lowest BCUT2D eigenvalue weighted by atomic mass is 10.3. The number of amides is 1. The van der Waals surface area contributed by atoms with Crippen molar-refractivity contribution in [3.05, 3.63) is 18.0 Å². The standard InChI is InChI=1S/C12H21N3O5S/c1-13-21(18,19)10-8-11(15(2)9-10)12(17)14-4-3-6-20-7-5-16/h8-9,13,16H,3-7H2,1-2H3,(H,14,17). The first-order valence-electron chi connectivity index (χ1n) is 6.49. The number of aryl methyl sites for hydroxylation is 1. The summed E-state index contributed by atoms with van der Waals surface area (Å²) in [7, 11) is -0.644. The smallest absolute Gasteiger partial charge is 0.267 e. The summed E-state index contributed by atoms with van der Waals surface area (Å²) in [4.78, 5) is 12.0. The Morgan fingerprint density at radius 3 is 2.76 bits per heavy atom. The maximum atomic E-state index is 12.0. The van der Waals surface area contributed by atoms with Gasteiger partial charge in [-0.05, 0) is 19.5 Å². The number of nitrogens with zero attached hydrogens (tertiary/aromatic N) is 1. The molecule has 0 unspecified atom stereocenters. The van der Waals surface area contributed by atoms with Gasteiger partial charge in [0.15, 0.2) is 0 Å². The van der Waals surface area contributed by atoms with Gasteiger partial charge >= 0.3 is 0 Å². The summed E-state index contributed by atoms with van der Waals surface area (Å²) >= 11 is 0. The lowest BCUT2D eigenvalue weighted by Gasteiger charge is -2.06. The minimum absolute atomic E-state index is 0.0293. The van der Waals surface area contributed by atoms with Crippen LogP contribution in [0.25, 0.3) is 0 Å². The molecule has 1 heterocycles. The molecule has 120 valence electrons. The van der Waals surface area contributed by atoms with Crippen molar-refractivity contribution in [2.45, 2.75) is 11.3 Å². The normalized spacial score (nSPS) is 11.6. The fourth-order valence-electron chi connectivity index (χ4n) is 1.66. The van der Waals surface area contributed by atoms with Gasteiger partial charge in [-0.1, -0.05) is 0 Å². The Bertz CT molecular complexity index is 567. The number of rotatable bonds is 9. The van der Waals surface area contributed by atoms with Gasteiger partial charge in [-0.2, -0.15) is 0 Å². The molecule has 8 nitrogen and oxygen atoms in total. The summed E-state index contributed by atoms with van der Waals surface area (Å²) in [5.41, 5.74) is 0.264. The van der Waals surface area contributed by atoms with Gasteiger partial charge < -0.3 is 19.7 Å². The van der Waals surface area contributed by atoms with Crippen molar-refractivity contribution >= 4 is 15.9 Å². The first-order valence-corrected chi connectivity index (χ1v) is 7.97. The van der Waals surface area contributed by atoms with Crippen LogP contribution < -0.4 is 10.0 Å². The van der Waals surface area contributed by atoms with Gasteiger partial charge in [0.1, 0.15) is 10.6 Å². The highest BCUT2D eigenvalue weighted by Crippen LogP contribution is 2.12. The molecule has 0 fully saturated rings. The molecule has 0 saturated carbocycles. The van der Waals surface area contributed by atoms with E-state index in [1.807, 2.05) is 0 Å². The monoisotopic (exact) mass is 319 g/mol. The number of aliphatic hydroxyl groups is 1. The third-order valence-electron chi connectivity index (χ3n) is 2.78. The fourth-order valence-corrected chi connectivity index (χ4v) is 2.46. The molecule has 0 spiro atoms. The first-order chi connectivity index (χ1) is 9.92. The molecule has 0 atom stereocenters. The molecule has 0 aliphatic heterocycles. The highest BCUT2D eigenvalue weighted by molar-refractivity contribution is 7.89. The van der Waals surface area contributed by atoms with Crippen molar-refractivity contribution in [3.63, 3.8) is 0 Å². The van der Waals surface area contributed by atoms with Gasteiger partial charge in [0.25, 0.3) is 5.91 Å². The van der Waals surface area contributed by atoms with Crippen molar-refractivity contribution in [1.29, 1.82) is 0 Å². The zero-order chi connectivity index (χ0) is 15.9. The van der Waals surface area contributed by atoms with Crippen molar-refractivity contribution in [1.82, 2.24) is 14.6 Å². The Kier molecular flexibility index (Phi) is 6.82. The van der Waals surface area contributed by atoms with E-state index >= 15 is 0 Å². The zero-order valence-electron chi connectivity index (χ0n) is 12.1. The van der Waals surface area contributed by atoms with Crippen LogP contribution in [0.2, 0.25) is 0 Å². The Morgan fingerprint density at radius 1 is 1.43 bits per heavy atom. The number of ether oxygens (including phenoxy) is 1. The Labute approximate surface area is 124 Å². The number of carbonyl (C=O) groups is 1. The van der Waals surface area contributed by atoms with Gasteiger partial charge in [0.05, 0.1) is 13.2 Å². The van der Waals surface area contributed by atoms with Gasteiger partial charge in [0.2, 0.25) is 10.0 Å². The van der Waals surface area contributed by atoms with E-state index in [1.54, 1.807) is 7.05 Å². The molecule has 0 aliphatic rings. The molecule has 1 rings (SSSR count). The van der Waals surface area contributed by atoms with Gasteiger partial charge in [0, 0.05) is 26.4 Å². The lowest BCUT2D eigenvalue weighted by molar-refractivity contribution is 0.0864. The van der Waals surface area contributed by atoms with Crippen molar-refractivity contribution in [2.24, 2.45) is 7.05 Å². The number of aromatic nitrogens is 1. The topological polar surface area (TPSA) is 110 Å². The third-order valence-corrected chi connectivity index (χ3v) is 4.16. The van der Waals surface area contributed by atoms with E-state index in [0.717, 1.165) is 0 Å². The second-order valence-electron chi connectivity index (χ2n) is 4.32. The molecule has 21 heavy (non-hydrogen) atoms. The average molecular weight is 319 g/mol. The Morgan fingerprint density at radius 2 is 2.14 bits per heavy atom. The van der Waals surface area contributed by atoms with E-state index in [1.165, 1.54) is 23.9 Å². The lowest BCUT2D eigenvalue weighted by Crippen LogP contribution is -2.27. The number of sulfonamides is 1. The summed E-state index contributed by atoms with van der Waals surface area (Å²) in [5, 5.41) is 11.2. The number of hydrogen-bond donors (Lipinski definition) is 3. The van der Waals surface area contributed by atoms with E-state index in [-0.39, 0.29) is 29.7 Å². The summed E-state index contributed by atoms with van der Waals surface area (Å²) in [5.74, 6) is -0.350. The van der Waals surface area contributed by atoms with Crippen LogP contribution in [0.3, 0.4) is 0 Å². The average Bonchev–Trinajstić information content (AvgIpc) is 2.85. The summed E-state index contributed by atoms with van der Waals surface area (Å²) in [6, 6.07) is 1.32. The maximum absolute atomic E-state index is 12.0. The molecule has 0 saturated heterocycles. The molecule has 9 heteroatoms. The van der Waals surface area contributed by atoms with E-state index in [0.29, 0.717) is 19.6 Å². The van der Waals surface area contributed by atoms with E-state index < -0.39 is 10.0 Å². The van der Waals surface area contributed by atoms with Crippen LogP contribution in [0.15, 0.2) is 17.2 Å². The quantitative estimate of drug-likeness (QED) is 0.509. The SMILES string of the molecule is CNS(=O)(=O)c1cc(C(=O)NCCCOCCO)n(C)c1. The molecule has 1 amide bonds. The van der Waals surface area contributed by atoms with Crippen molar-refractivity contribution in [2.75, 3.05) is 33.4 Å². The van der Waals surface area contributed by atoms with Crippen LogP contribution in [-0.4, -0.2) is 57.4 Å². The van der Waals surface area contributed by atoms with E-state index in [2.05, 4.69) is 10.0 Å². The van der Waals surface area contributed by atoms with Gasteiger partial charge in [-0.15, -0.1) is 0 Å². The molecule has 0 bridgehead atoms. The molecule has 3 N–H and O–H groups in total. The first kappa shape index (κ1) is 17.6. The summed E-state index contributed by atoms with van der Waals surface area (Å²) in [6.45, 7) is 1.09. The van der Waals surface area contributed by atoms with E-state index in [4.69, 9.17) is 9.84 Å². The second kappa shape index (κ2) is 8.13. The molecule has 1 aromatic heterocycles. The van der Waals surface area contributed by atoms with Crippen molar-refractivity contribution in [3.8, 4) is 0 Å². The van der Waals surface area contributed by atoms with E-state index in [9.17, 15) is 13.2 Å². The minimum Gasteiger partial charge on any atom is -0.394 e. The molecule has 0 radical (unpaired) electrons. The molecular formula is C12H21N3O5S. The van der Waals surface area contributed by atoms with Crippen LogP contribution in [0, 0.1) is 0 Å². The number of nitrogens with one attached hydrogen (secondary N) is 2. The largest absolute Gasteiger partial charge is 0.394 e. The van der Waals surface area contributed by atoms with Crippen LogP contribution >= 0.6 is 0 Å². The fraction of sp³-hybridized carbons (Fsp3) is 0.583. The van der Waals surface area contributed by atoms with Crippen molar-refractivity contribution < 1.29 is 23.1 Å². The highest BCUT2D eigenvalue weighted by Gasteiger charge is 2.18. The molecular weight excluding hydrogens is 298 g/mol. The Balaban J connectivity index is 2.55. The third kappa shape index (κ3) is 5.12. The second-order valence-corrected chi connectivity index (χ2v) is 6.21. The van der Waals surface area contributed by atoms with Crippen LogP contribution in [0.4, 0.5) is 0 Å². The summed E-state index contributed by atoms with van der Waals surface area (Å²) < 4.78 is 32.0. The van der Waals surface area contributed by atoms with Gasteiger partial charge in [-0.3, -0.25) is 4.79 Å². The highest BCUT2D eigenvalue weighted by atomic mass is 32.2. The predicted molar refractivity (Wildman–Crippen MR) is 76.5 cm³/mol. The number of hydrogen-bond acceptors (Lipinski definition) is 5.